The molecule has 1 saturated carbocycles. The molecule has 0 N–H and O–H groups in total. The molecule has 0 radical (unpaired) electrons. The molecule has 1 aliphatic carbocycles. The average Bonchev–Trinajstić information content (AvgIpc) is 3.25. The monoisotopic (exact) mass is 590 g/mol. The van der Waals surface area contributed by atoms with Crippen molar-refractivity contribution in [3.05, 3.63) is 116 Å². The first kappa shape index (κ1) is 25.1. The lowest BCUT2D eigenvalue weighted by Gasteiger charge is -2.14. The molecule has 1 spiro atoms. The van der Waals surface area contributed by atoms with Gasteiger partial charge in [-0.2, -0.15) is 9.13 Å². The van der Waals surface area contributed by atoms with Crippen molar-refractivity contribution in [3.63, 3.8) is 0 Å². The highest BCUT2D eigenvalue weighted by atomic mass is 32.1. The molecule has 10 rings (SSSR count). The summed E-state index contributed by atoms with van der Waals surface area (Å²) in [6, 6.07) is 21.6. The van der Waals surface area contributed by atoms with Gasteiger partial charge in [-0.05, 0) is 94.3 Å². The van der Waals surface area contributed by atoms with Gasteiger partial charge in [0.15, 0.2) is 18.0 Å². The third kappa shape index (κ3) is 2.72. The Morgan fingerprint density at radius 3 is 2.23 bits per heavy atom. The first-order valence-corrected chi connectivity index (χ1v) is 16.6. The lowest BCUT2D eigenvalue weighted by atomic mass is 9.91. The van der Waals surface area contributed by atoms with E-state index in [-0.39, 0.29) is 11.6 Å². The molecular formula is C40H34N2OS+2. The number of hydrogen-bond acceptors (Lipinski definition) is 2. The third-order valence-corrected chi connectivity index (χ3v) is 12.7. The van der Waals surface area contributed by atoms with Crippen molar-refractivity contribution in [2.24, 2.45) is 0 Å². The molecule has 7 aromatic rings. The zero-order chi connectivity index (χ0) is 30.0. The minimum Gasteiger partial charge on any atom is -0.454 e. The molecular weight excluding hydrogens is 557 g/mol. The van der Waals surface area contributed by atoms with E-state index in [4.69, 9.17) is 4.42 Å². The summed E-state index contributed by atoms with van der Waals surface area (Å²) in [4.78, 5) is 1.36. The number of aryl methyl sites for hydroxylation is 7. The van der Waals surface area contributed by atoms with Crippen molar-refractivity contribution in [3.8, 4) is 22.5 Å². The number of benzene rings is 3. The van der Waals surface area contributed by atoms with Crippen molar-refractivity contribution in [1.29, 1.82) is 0 Å². The zero-order valence-electron chi connectivity index (χ0n) is 26.2. The van der Waals surface area contributed by atoms with Crippen molar-refractivity contribution in [2.75, 3.05) is 0 Å². The maximum absolute atomic E-state index is 7.06. The van der Waals surface area contributed by atoms with E-state index in [2.05, 4.69) is 125 Å². The van der Waals surface area contributed by atoms with E-state index in [9.17, 15) is 0 Å². The molecule has 2 aliphatic heterocycles. The number of thiophene rings is 1. The molecule has 0 bridgehead atoms. The highest BCUT2D eigenvalue weighted by Crippen LogP contribution is 2.71. The van der Waals surface area contributed by atoms with Gasteiger partial charge in [0.05, 0.1) is 15.8 Å². The Morgan fingerprint density at radius 1 is 0.705 bits per heavy atom. The third-order valence-electron chi connectivity index (χ3n) is 11.4. The highest BCUT2D eigenvalue weighted by Gasteiger charge is 2.86. The predicted molar refractivity (Wildman–Crippen MR) is 179 cm³/mol. The quantitative estimate of drug-likeness (QED) is 0.161. The molecule has 3 nitrogen and oxygen atoms in total. The average molecular weight is 591 g/mol. The SMILES string of the molecule is Cc1ccc2c(c1)C1C([n+]3cc(C)c(C)cc3-2)C12c1ccc3c(oc4c3ccc3c(C)c(C)sc34)c1-c1cc(C)c(C)c[n+]12. The van der Waals surface area contributed by atoms with Crippen molar-refractivity contribution >= 4 is 43.4 Å². The Balaban J connectivity index is 1.35. The summed E-state index contributed by atoms with van der Waals surface area (Å²) >= 11 is 1.86. The van der Waals surface area contributed by atoms with Crippen LogP contribution in [-0.2, 0) is 5.54 Å². The lowest BCUT2D eigenvalue weighted by Crippen LogP contribution is -2.51. The fourth-order valence-electron chi connectivity index (χ4n) is 8.81. The minimum atomic E-state index is -0.220. The van der Waals surface area contributed by atoms with Crippen LogP contribution in [-0.4, -0.2) is 0 Å². The second-order valence-electron chi connectivity index (χ2n) is 13.7. The Kier molecular flexibility index (Phi) is 4.48. The molecule has 0 amide bonds. The van der Waals surface area contributed by atoms with E-state index in [1.807, 2.05) is 11.3 Å². The van der Waals surface area contributed by atoms with Crippen LogP contribution in [0.3, 0.4) is 0 Å². The summed E-state index contributed by atoms with van der Waals surface area (Å²) in [5.41, 5.74) is 18.0. The maximum atomic E-state index is 7.06. The molecule has 0 saturated heterocycles. The van der Waals surface area contributed by atoms with Crippen LogP contribution >= 0.6 is 11.3 Å². The summed E-state index contributed by atoms with van der Waals surface area (Å²) < 4.78 is 13.6. The van der Waals surface area contributed by atoms with E-state index in [1.165, 1.54) is 92.8 Å². The smallest absolute Gasteiger partial charge is 0.269 e. The second-order valence-corrected chi connectivity index (χ2v) is 15.0. The number of hydrogen-bond donors (Lipinski definition) is 0. The first-order valence-electron chi connectivity index (χ1n) is 15.8. The van der Waals surface area contributed by atoms with Gasteiger partial charge in [0.2, 0.25) is 17.4 Å². The molecule has 4 heteroatoms. The number of pyridine rings is 2. The number of fused-ring (bicyclic) bond motifs is 19. The summed E-state index contributed by atoms with van der Waals surface area (Å²) in [5, 5.41) is 3.74. The van der Waals surface area contributed by atoms with Crippen LogP contribution in [0.4, 0.5) is 0 Å². The van der Waals surface area contributed by atoms with Crippen LogP contribution < -0.4 is 9.13 Å². The molecule has 1 fully saturated rings. The number of rotatable bonds is 0. The van der Waals surface area contributed by atoms with Crippen LogP contribution in [0.15, 0.2) is 71.4 Å². The van der Waals surface area contributed by atoms with Gasteiger partial charge in [-0.25, -0.2) is 0 Å². The lowest BCUT2D eigenvalue weighted by molar-refractivity contribution is -0.772. The topological polar surface area (TPSA) is 20.9 Å². The first-order chi connectivity index (χ1) is 21.2. The van der Waals surface area contributed by atoms with E-state index < -0.39 is 0 Å². The largest absolute Gasteiger partial charge is 0.454 e. The zero-order valence-corrected chi connectivity index (χ0v) is 27.0. The number of aromatic nitrogens is 2. The summed E-state index contributed by atoms with van der Waals surface area (Å²) in [7, 11) is 0. The standard InChI is InChI=1S/C40H34N2OS/c1-19-8-9-27-30(14-19)35-39(41-17-22(4)20(2)15-32(27)41)40(35)31-13-12-28-29-11-10-26-24(6)25(7)44-38(26)37(29)43-36(28)34(31)33-16-21(3)23(5)18-42(33)40/h8-18,35,39H,1-7H3/q+2. The van der Waals surface area contributed by atoms with Crippen molar-refractivity contribution in [1.82, 2.24) is 0 Å². The fourth-order valence-corrected chi connectivity index (χ4v) is 9.96. The van der Waals surface area contributed by atoms with Crippen LogP contribution in [0.5, 0.6) is 0 Å². The van der Waals surface area contributed by atoms with Gasteiger partial charge in [-0.15, -0.1) is 11.3 Å². The van der Waals surface area contributed by atoms with Gasteiger partial charge in [-0.1, -0.05) is 29.8 Å². The van der Waals surface area contributed by atoms with Gasteiger partial charge in [0.1, 0.15) is 11.5 Å². The van der Waals surface area contributed by atoms with Crippen LogP contribution in [0.2, 0.25) is 0 Å². The van der Waals surface area contributed by atoms with Crippen molar-refractivity contribution in [2.45, 2.75) is 66.0 Å². The normalized spacial score (nSPS) is 20.7. The Bertz CT molecular complexity index is 2490. The second kappa shape index (κ2) is 7.86. The van der Waals surface area contributed by atoms with Crippen molar-refractivity contribution < 1.29 is 13.6 Å². The predicted octanol–water partition coefficient (Wildman–Crippen LogP) is 9.28. The molecule has 3 atom stereocenters. The molecule has 44 heavy (non-hydrogen) atoms. The molecule has 4 aromatic heterocycles. The van der Waals surface area contributed by atoms with Crippen LogP contribution in [0.1, 0.15) is 61.3 Å². The Labute approximate surface area is 261 Å². The van der Waals surface area contributed by atoms with E-state index in [0.29, 0.717) is 5.92 Å². The molecule has 214 valence electrons. The number of furan rings is 1. The fraction of sp³-hybridized carbons (Fsp3) is 0.250. The summed E-state index contributed by atoms with van der Waals surface area (Å²) in [6.45, 7) is 15.7. The maximum Gasteiger partial charge on any atom is 0.269 e. The molecule has 6 heterocycles. The molecule has 3 aromatic carbocycles. The Hall–Kier alpha value is -4.28. The van der Waals surface area contributed by atoms with E-state index >= 15 is 0 Å². The van der Waals surface area contributed by atoms with Gasteiger partial charge in [0.25, 0.3) is 5.54 Å². The number of nitrogens with zero attached hydrogens (tertiary/aromatic N) is 2. The van der Waals surface area contributed by atoms with Gasteiger partial charge < -0.3 is 4.42 Å². The molecule has 3 unspecified atom stereocenters. The van der Waals surface area contributed by atoms with Crippen LogP contribution in [0, 0.1) is 48.5 Å². The summed E-state index contributed by atoms with van der Waals surface area (Å²) in [6.07, 6.45) is 4.84. The van der Waals surface area contributed by atoms with Crippen LogP contribution in [0.25, 0.3) is 54.5 Å². The van der Waals surface area contributed by atoms with E-state index in [0.717, 1.165) is 11.2 Å². The van der Waals surface area contributed by atoms with Gasteiger partial charge in [0, 0.05) is 44.5 Å². The summed E-state index contributed by atoms with van der Waals surface area (Å²) in [5.74, 6) is 0.334. The van der Waals surface area contributed by atoms with Gasteiger partial charge >= 0.3 is 0 Å². The van der Waals surface area contributed by atoms with Gasteiger partial charge in [-0.3, -0.25) is 0 Å². The highest BCUT2D eigenvalue weighted by molar-refractivity contribution is 7.20. The molecule has 3 aliphatic rings. The van der Waals surface area contributed by atoms with E-state index in [1.54, 1.807) is 0 Å². The minimum absolute atomic E-state index is 0.220. The Morgan fingerprint density at radius 2 is 1.41 bits per heavy atom.